The maximum absolute atomic E-state index is 12.4. The standard InChI is InChI=1S/C19H19N5O4S/c1-10-15-17(11-7-12(27-2)16(26)13(8-11)28-3)29-9-14(25)22-18(15)24(23-10)19-20-5-4-6-21-19/h4-8,17,26H,9H2,1-3H3,(H,22,25). The van der Waals surface area contributed by atoms with Crippen molar-refractivity contribution < 1.29 is 19.4 Å². The van der Waals surface area contributed by atoms with Crippen molar-refractivity contribution in [3.8, 4) is 23.2 Å². The Morgan fingerprint density at radius 3 is 2.48 bits per heavy atom. The summed E-state index contributed by atoms with van der Waals surface area (Å²) in [7, 11) is 2.95. The highest BCUT2D eigenvalue weighted by molar-refractivity contribution is 8.00. The van der Waals surface area contributed by atoms with E-state index < -0.39 is 0 Å². The van der Waals surface area contributed by atoms with E-state index in [1.165, 1.54) is 30.7 Å². The van der Waals surface area contributed by atoms with Crippen LogP contribution >= 0.6 is 11.8 Å². The van der Waals surface area contributed by atoms with Gasteiger partial charge in [-0.05, 0) is 30.7 Å². The van der Waals surface area contributed by atoms with Gasteiger partial charge in [0.1, 0.15) is 5.82 Å². The molecule has 4 rings (SSSR count). The van der Waals surface area contributed by atoms with Crippen molar-refractivity contribution in [1.82, 2.24) is 19.7 Å². The number of hydrogen-bond donors (Lipinski definition) is 2. The molecule has 0 bridgehead atoms. The lowest BCUT2D eigenvalue weighted by molar-refractivity contribution is -0.113. The Balaban J connectivity index is 1.91. The minimum atomic E-state index is -0.246. The molecule has 3 heterocycles. The SMILES string of the molecule is COc1cc(C2SCC(=O)Nc3c2c(C)nn3-c2ncccn2)cc(OC)c1O. The zero-order valence-electron chi connectivity index (χ0n) is 16.0. The summed E-state index contributed by atoms with van der Waals surface area (Å²) in [4.78, 5) is 20.9. The predicted octanol–water partition coefficient (Wildman–Crippen LogP) is 2.47. The number of carbonyl (C=O) groups is 1. The van der Waals surface area contributed by atoms with Gasteiger partial charge in [-0.25, -0.2) is 9.97 Å². The zero-order valence-corrected chi connectivity index (χ0v) is 16.9. The molecule has 1 aliphatic heterocycles. The third-order valence-corrected chi connectivity index (χ3v) is 5.82. The van der Waals surface area contributed by atoms with Gasteiger partial charge < -0.3 is 19.9 Å². The number of phenols is 1. The number of aromatic hydroxyl groups is 1. The number of nitrogens with one attached hydrogen (secondary N) is 1. The van der Waals surface area contributed by atoms with Crippen LogP contribution in [-0.4, -0.2) is 50.7 Å². The summed E-state index contributed by atoms with van der Waals surface area (Å²) in [5.41, 5.74) is 2.39. The van der Waals surface area contributed by atoms with Gasteiger partial charge in [-0.1, -0.05) is 0 Å². The third-order valence-electron chi connectivity index (χ3n) is 4.55. The minimum absolute atomic E-state index is 0.0723. The fourth-order valence-electron chi connectivity index (χ4n) is 3.26. The molecule has 1 aromatic carbocycles. The van der Waals surface area contributed by atoms with Crippen LogP contribution in [0.4, 0.5) is 5.82 Å². The van der Waals surface area contributed by atoms with E-state index in [1.807, 2.05) is 6.92 Å². The summed E-state index contributed by atoms with van der Waals surface area (Å²) in [5.74, 6) is 1.51. The second-order valence-corrected chi connectivity index (χ2v) is 7.41. The number of phenolic OH excluding ortho intramolecular Hbond substituents is 1. The van der Waals surface area contributed by atoms with Gasteiger partial charge in [0.25, 0.3) is 5.95 Å². The summed E-state index contributed by atoms with van der Waals surface area (Å²) in [6.45, 7) is 1.87. The largest absolute Gasteiger partial charge is 0.502 e. The number of amides is 1. The van der Waals surface area contributed by atoms with E-state index in [9.17, 15) is 9.90 Å². The van der Waals surface area contributed by atoms with Gasteiger partial charge in [0.2, 0.25) is 11.7 Å². The number of rotatable bonds is 4. The molecule has 10 heteroatoms. The second-order valence-electron chi connectivity index (χ2n) is 6.32. The summed E-state index contributed by atoms with van der Waals surface area (Å²) in [6.07, 6.45) is 3.23. The maximum Gasteiger partial charge on any atom is 0.252 e. The number of ether oxygens (including phenoxy) is 2. The lowest BCUT2D eigenvalue weighted by Gasteiger charge is -2.18. The fraction of sp³-hybridized carbons (Fsp3) is 0.263. The van der Waals surface area contributed by atoms with Gasteiger partial charge in [0.15, 0.2) is 11.5 Å². The first-order valence-electron chi connectivity index (χ1n) is 8.76. The summed E-state index contributed by atoms with van der Waals surface area (Å²) >= 11 is 1.46. The van der Waals surface area contributed by atoms with Gasteiger partial charge in [-0.15, -0.1) is 11.8 Å². The van der Waals surface area contributed by atoms with Gasteiger partial charge in [0, 0.05) is 18.0 Å². The van der Waals surface area contributed by atoms with Crippen molar-refractivity contribution in [1.29, 1.82) is 0 Å². The number of hydrogen-bond acceptors (Lipinski definition) is 8. The Kier molecular flexibility index (Phi) is 5.01. The molecule has 2 aromatic heterocycles. The number of thioether (sulfide) groups is 1. The minimum Gasteiger partial charge on any atom is -0.502 e. The van der Waals surface area contributed by atoms with Gasteiger partial charge in [0.05, 0.1) is 30.9 Å². The Bertz CT molecular complexity index is 1040. The van der Waals surface area contributed by atoms with E-state index in [4.69, 9.17) is 9.47 Å². The summed E-state index contributed by atoms with van der Waals surface area (Å²) < 4.78 is 12.1. The molecule has 0 saturated carbocycles. The first kappa shape index (κ1) is 19.1. The molecule has 29 heavy (non-hydrogen) atoms. The number of benzene rings is 1. The van der Waals surface area contributed by atoms with Crippen molar-refractivity contribution >= 4 is 23.5 Å². The van der Waals surface area contributed by atoms with Crippen LogP contribution in [0.5, 0.6) is 17.2 Å². The van der Waals surface area contributed by atoms with Crippen LogP contribution in [0, 0.1) is 6.92 Å². The average molecular weight is 413 g/mol. The molecule has 0 fully saturated rings. The average Bonchev–Trinajstić information content (AvgIpc) is 2.94. The molecule has 1 amide bonds. The number of aryl methyl sites for hydroxylation is 1. The molecule has 2 N–H and O–H groups in total. The van der Waals surface area contributed by atoms with Crippen LogP contribution in [-0.2, 0) is 4.79 Å². The monoisotopic (exact) mass is 413 g/mol. The van der Waals surface area contributed by atoms with E-state index >= 15 is 0 Å². The first-order chi connectivity index (χ1) is 14.0. The highest BCUT2D eigenvalue weighted by Crippen LogP contribution is 2.47. The van der Waals surface area contributed by atoms with Gasteiger partial charge in [-0.2, -0.15) is 9.78 Å². The lowest BCUT2D eigenvalue weighted by atomic mass is 10.0. The van der Waals surface area contributed by atoms with E-state index in [0.29, 0.717) is 23.3 Å². The fourth-order valence-corrected chi connectivity index (χ4v) is 4.42. The predicted molar refractivity (Wildman–Crippen MR) is 108 cm³/mol. The molecular formula is C19H19N5O4S. The smallest absolute Gasteiger partial charge is 0.252 e. The van der Waals surface area contributed by atoms with E-state index in [1.54, 1.807) is 30.6 Å². The van der Waals surface area contributed by atoms with E-state index in [2.05, 4.69) is 20.4 Å². The van der Waals surface area contributed by atoms with Crippen LogP contribution < -0.4 is 14.8 Å². The number of methoxy groups -OCH3 is 2. The number of aromatic nitrogens is 4. The molecular weight excluding hydrogens is 394 g/mol. The molecule has 1 aliphatic rings. The van der Waals surface area contributed by atoms with Crippen molar-refractivity contribution in [2.45, 2.75) is 12.2 Å². The third kappa shape index (κ3) is 3.35. The van der Waals surface area contributed by atoms with E-state index in [-0.39, 0.29) is 22.7 Å². The Morgan fingerprint density at radius 2 is 1.86 bits per heavy atom. The molecule has 150 valence electrons. The molecule has 0 aliphatic carbocycles. The second kappa shape index (κ2) is 7.63. The topological polar surface area (TPSA) is 111 Å². The van der Waals surface area contributed by atoms with Crippen LogP contribution in [0.15, 0.2) is 30.6 Å². The van der Waals surface area contributed by atoms with Crippen molar-refractivity contribution in [3.63, 3.8) is 0 Å². The van der Waals surface area contributed by atoms with Crippen molar-refractivity contribution in [3.05, 3.63) is 47.4 Å². The van der Waals surface area contributed by atoms with Gasteiger partial charge >= 0.3 is 0 Å². The Morgan fingerprint density at radius 1 is 1.21 bits per heavy atom. The highest BCUT2D eigenvalue weighted by Gasteiger charge is 2.32. The first-order valence-corrected chi connectivity index (χ1v) is 9.81. The van der Waals surface area contributed by atoms with Crippen LogP contribution in [0.1, 0.15) is 22.1 Å². The Labute approximate surface area is 171 Å². The molecule has 0 saturated heterocycles. The van der Waals surface area contributed by atoms with Crippen molar-refractivity contribution in [2.24, 2.45) is 0 Å². The van der Waals surface area contributed by atoms with Crippen LogP contribution in [0.3, 0.4) is 0 Å². The molecule has 9 nitrogen and oxygen atoms in total. The Hall–Kier alpha value is -3.27. The summed E-state index contributed by atoms with van der Waals surface area (Å²) in [6, 6.07) is 5.19. The van der Waals surface area contributed by atoms with Gasteiger partial charge in [-0.3, -0.25) is 4.79 Å². The molecule has 1 atom stereocenters. The summed E-state index contributed by atoms with van der Waals surface area (Å²) in [5, 5.41) is 17.5. The lowest BCUT2D eigenvalue weighted by Crippen LogP contribution is -2.16. The number of carbonyl (C=O) groups excluding carboxylic acids is 1. The molecule has 1 unspecified atom stereocenters. The number of anilines is 1. The molecule has 0 radical (unpaired) electrons. The quantitative estimate of drug-likeness (QED) is 0.671. The van der Waals surface area contributed by atoms with Crippen molar-refractivity contribution in [2.75, 3.05) is 25.3 Å². The van der Waals surface area contributed by atoms with Crippen LogP contribution in [0.2, 0.25) is 0 Å². The molecule has 0 spiro atoms. The normalized spacial score (nSPS) is 16.0. The maximum atomic E-state index is 12.4. The van der Waals surface area contributed by atoms with E-state index in [0.717, 1.165) is 16.8 Å². The number of nitrogens with zero attached hydrogens (tertiary/aromatic N) is 4. The molecule has 3 aromatic rings. The number of fused-ring (bicyclic) bond motifs is 1. The van der Waals surface area contributed by atoms with Crippen LogP contribution in [0.25, 0.3) is 5.95 Å². The highest BCUT2D eigenvalue weighted by atomic mass is 32.2. The zero-order chi connectivity index (χ0) is 20.5.